The molecule has 0 atom stereocenters. The lowest BCUT2D eigenvalue weighted by atomic mass is 10.3. The molecule has 0 unspecified atom stereocenters. The van der Waals surface area contributed by atoms with Gasteiger partial charge in [-0.25, -0.2) is 4.98 Å². The van der Waals surface area contributed by atoms with E-state index in [1.54, 1.807) is 30.3 Å². The van der Waals surface area contributed by atoms with Crippen LogP contribution in [0.15, 0.2) is 23.4 Å². The Bertz CT molecular complexity index is 447. The lowest BCUT2D eigenvalue weighted by molar-refractivity contribution is -0.129. The van der Waals surface area contributed by atoms with Gasteiger partial charge in [-0.15, -0.1) is 11.8 Å². The molecule has 1 aromatic heterocycles. The molecule has 1 heterocycles. The van der Waals surface area contributed by atoms with E-state index in [4.69, 9.17) is 16.9 Å². The molecule has 1 amide bonds. The van der Waals surface area contributed by atoms with Gasteiger partial charge in [0.25, 0.3) is 0 Å². The van der Waals surface area contributed by atoms with E-state index in [0.29, 0.717) is 30.2 Å². The Balaban J connectivity index is 2.32. The number of hydrogen-bond donors (Lipinski definition) is 0. The summed E-state index contributed by atoms with van der Waals surface area (Å²) in [6.07, 6.45) is 2.45. The summed E-state index contributed by atoms with van der Waals surface area (Å²) in [5, 5.41) is 9.78. The predicted molar refractivity (Wildman–Crippen MR) is 72.5 cm³/mol. The van der Waals surface area contributed by atoms with Crippen LogP contribution in [0.1, 0.15) is 12.8 Å². The van der Waals surface area contributed by atoms with Crippen LogP contribution in [0.3, 0.4) is 0 Å². The Hall–Kier alpha value is -1.25. The number of amides is 1. The number of thioether (sulfide) groups is 1. The maximum absolute atomic E-state index is 11.7. The fourth-order valence-electron chi connectivity index (χ4n) is 1.25. The molecule has 0 radical (unpaired) electrons. The van der Waals surface area contributed by atoms with Crippen molar-refractivity contribution in [3.8, 4) is 6.07 Å². The molecule has 0 saturated heterocycles. The van der Waals surface area contributed by atoms with Gasteiger partial charge in [0.05, 0.1) is 17.5 Å². The minimum atomic E-state index is 0.0322. The van der Waals surface area contributed by atoms with Crippen LogP contribution in [0.4, 0.5) is 0 Å². The highest BCUT2D eigenvalue weighted by Crippen LogP contribution is 2.24. The van der Waals surface area contributed by atoms with Crippen molar-refractivity contribution in [3.63, 3.8) is 0 Å². The van der Waals surface area contributed by atoms with Gasteiger partial charge in [0.15, 0.2) is 0 Å². The zero-order chi connectivity index (χ0) is 13.4. The Kier molecular flexibility index (Phi) is 6.55. The summed E-state index contributed by atoms with van der Waals surface area (Å²) in [4.78, 5) is 17.4. The topological polar surface area (TPSA) is 57.0 Å². The van der Waals surface area contributed by atoms with E-state index >= 15 is 0 Å². The summed E-state index contributed by atoms with van der Waals surface area (Å²) in [7, 11) is 1.71. The molecule has 1 aromatic rings. The first kappa shape index (κ1) is 14.8. The first-order chi connectivity index (χ1) is 8.65. The van der Waals surface area contributed by atoms with E-state index in [1.165, 1.54) is 11.8 Å². The average Bonchev–Trinajstić information content (AvgIpc) is 2.38. The third-order valence-corrected chi connectivity index (χ3v) is 3.69. The number of carbonyl (C=O) groups excluding carboxylic acids is 1. The Morgan fingerprint density at radius 1 is 1.67 bits per heavy atom. The van der Waals surface area contributed by atoms with Crippen molar-refractivity contribution in [1.82, 2.24) is 9.88 Å². The van der Waals surface area contributed by atoms with Crippen LogP contribution in [-0.4, -0.2) is 35.1 Å². The molecule has 0 saturated carbocycles. The number of nitrogens with zero attached hydrogens (tertiary/aromatic N) is 3. The quantitative estimate of drug-likeness (QED) is 0.753. The van der Waals surface area contributed by atoms with Crippen molar-refractivity contribution in [2.24, 2.45) is 0 Å². The van der Waals surface area contributed by atoms with Crippen molar-refractivity contribution < 1.29 is 4.79 Å². The maximum atomic E-state index is 11.7. The molecule has 0 aliphatic rings. The smallest absolute Gasteiger partial charge is 0.223 e. The predicted octanol–water partition coefficient (Wildman–Crippen LogP) is 2.59. The maximum Gasteiger partial charge on any atom is 0.223 e. The van der Waals surface area contributed by atoms with Crippen LogP contribution in [0.25, 0.3) is 0 Å². The molecular formula is C12H14ClN3OS. The Morgan fingerprint density at radius 3 is 3.11 bits per heavy atom. The van der Waals surface area contributed by atoms with E-state index < -0.39 is 0 Å². The van der Waals surface area contributed by atoms with Crippen molar-refractivity contribution >= 4 is 29.3 Å². The van der Waals surface area contributed by atoms with Crippen molar-refractivity contribution in [1.29, 1.82) is 5.26 Å². The zero-order valence-corrected chi connectivity index (χ0v) is 11.7. The Labute approximate surface area is 116 Å². The molecule has 0 aliphatic carbocycles. The van der Waals surface area contributed by atoms with Gasteiger partial charge in [-0.3, -0.25) is 4.79 Å². The van der Waals surface area contributed by atoms with Gasteiger partial charge in [0.2, 0.25) is 5.91 Å². The fraction of sp³-hybridized carbons (Fsp3) is 0.417. The van der Waals surface area contributed by atoms with E-state index in [1.807, 2.05) is 6.07 Å². The number of aromatic nitrogens is 1. The van der Waals surface area contributed by atoms with Gasteiger partial charge in [-0.1, -0.05) is 11.6 Å². The van der Waals surface area contributed by atoms with Gasteiger partial charge < -0.3 is 4.90 Å². The summed E-state index contributed by atoms with van der Waals surface area (Å²) >= 11 is 7.42. The lowest BCUT2D eigenvalue weighted by Gasteiger charge is -2.14. The number of nitriles is 1. The summed E-state index contributed by atoms with van der Waals surface area (Å²) in [5.41, 5.74) is 0. The van der Waals surface area contributed by atoms with Gasteiger partial charge in [0.1, 0.15) is 5.03 Å². The second-order valence-corrected chi connectivity index (χ2v) is 5.10. The first-order valence-electron chi connectivity index (χ1n) is 5.49. The van der Waals surface area contributed by atoms with E-state index in [9.17, 15) is 4.79 Å². The summed E-state index contributed by atoms with van der Waals surface area (Å²) in [6.45, 7) is 0.477. The summed E-state index contributed by atoms with van der Waals surface area (Å²) in [5.74, 6) is 0.664. The van der Waals surface area contributed by atoms with Crippen LogP contribution in [0, 0.1) is 11.3 Å². The molecule has 4 nitrogen and oxygen atoms in total. The lowest BCUT2D eigenvalue weighted by Crippen LogP contribution is -2.27. The first-order valence-corrected chi connectivity index (χ1v) is 6.85. The van der Waals surface area contributed by atoms with Gasteiger partial charge in [0, 0.05) is 32.0 Å². The zero-order valence-electron chi connectivity index (χ0n) is 10.1. The van der Waals surface area contributed by atoms with Crippen LogP contribution in [0.5, 0.6) is 0 Å². The third-order valence-electron chi connectivity index (χ3n) is 2.26. The van der Waals surface area contributed by atoms with Gasteiger partial charge >= 0.3 is 0 Å². The Morgan fingerprint density at radius 2 is 2.44 bits per heavy atom. The van der Waals surface area contributed by atoms with E-state index in [0.717, 1.165) is 5.03 Å². The monoisotopic (exact) mass is 283 g/mol. The average molecular weight is 284 g/mol. The molecule has 1 rings (SSSR count). The number of rotatable bonds is 6. The highest BCUT2D eigenvalue weighted by atomic mass is 35.5. The number of halogens is 1. The number of hydrogen-bond acceptors (Lipinski definition) is 4. The molecule has 0 bridgehead atoms. The largest absolute Gasteiger partial charge is 0.345 e. The molecule has 96 valence electrons. The number of carbonyl (C=O) groups is 1. The molecule has 18 heavy (non-hydrogen) atoms. The third kappa shape index (κ3) is 4.94. The van der Waals surface area contributed by atoms with E-state index in [2.05, 4.69) is 4.98 Å². The normalized spacial score (nSPS) is 9.83. The van der Waals surface area contributed by atoms with Crippen LogP contribution < -0.4 is 0 Å². The fourth-order valence-corrected chi connectivity index (χ4v) is 2.34. The highest BCUT2D eigenvalue weighted by molar-refractivity contribution is 7.99. The van der Waals surface area contributed by atoms with Gasteiger partial charge in [-0.05, 0) is 12.1 Å². The second kappa shape index (κ2) is 7.96. The number of pyridine rings is 1. The summed E-state index contributed by atoms with van der Waals surface area (Å²) in [6, 6.07) is 5.56. The second-order valence-electron chi connectivity index (χ2n) is 3.61. The van der Waals surface area contributed by atoms with Crippen molar-refractivity contribution in [3.05, 3.63) is 23.4 Å². The van der Waals surface area contributed by atoms with Crippen molar-refractivity contribution in [2.75, 3.05) is 19.3 Å². The standard InChI is InChI=1S/C12H14ClN3OS/c1-16(8-3-6-14)11(17)5-9-18-12-10(13)4-2-7-15-12/h2,4,7H,3,5,8-9H2,1H3. The minimum Gasteiger partial charge on any atom is -0.345 e. The minimum absolute atomic E-state index is 0.0322. The molecule has 6 heteroatoms. The molecule has 0 spiro atoms. The van der Waals surface area contributed by atoms with Crippen LogP contribution in [-0.2, 0) is 4.79 Å². The molecule has 0 aromatic carbocycles. The van der Waals surface area contributed by atoms with E-state index in [-0.39, 0.29) is 5.91 Å². The summed E-state index contributed by atoms with van der Waals surface area (Å²) < 4.78 is 0. The van der Waals surface area contributed by atoms with Crippen LogP contribution in [0.2, 0.25) is 5.02 Å². The van der Waals surface area contributed by atoms with Gasteiger partial charge in [-0.2, -0.15) is 5.26 Å². The highest BCUT2D eigenvalue weighted by Gasteiger charge is 2.09. The SMILES string of the molecule is CN(CCC#N)C(=O)CCSc1ncccc1Cl. The molecular weight excluding hydrogens is 270 g/mol. The molecule has 0 fully saturated rings. The van der Waals surface area contributed by atoms with Crippen molar-refractivity contribution in [2.45, 2.75) is 17.9 Å². The molecule has 0 aliphatic heterocycles. The molecule has 0 N–H and O–H groups in total. The van der Waals surface area contributed by atoms with Crippen LogP contribution >= 0.6 is 23.4 Å².